The molecule has 0 bridgehead atoms. The summed E-state index contributed by atoms with van der Waals surface area (Å²) < 4.78 is 8.97. The molecule has 0 N–H and O–H groups in total. The number of fused-ring (bicyclic) bond motifs is 1. The van der Waals surface area contributed by atoms with Crippen LogP contribution in [0.4, 0.5) is 0 Å². The van der Waals surface area contributed by atoms with E-state index >= 15 is 0 Å². The van der Waals surface area contributed by atoms with E-state index in [9.17, 15) is 4.79 Å². The van der Waals surface area contributed by atoms with Crippen molar-refractivity contribution in [2.75, 3.05) is 0 Å². The summed E-state index contributed by atoms with van der Waals surface area (Å²) in [5.74, 6) is 1.14. The van der Waals surface area contributed by atoms with Crippen LogP contribution in [0.5, 0.6) is 5.75 Å². The average molecular weight is 604 g/mol. The molecule has 0 aliphatic heterocycles. The van der Waals surface area contributed by atoms with Crippen molar-refractivity contribution in [2.24, 2.45) is 5.10 Å². The summed E-state index contributed by atoms with van der Waals surface area (Å²) in [6, 6.07) is 17.1. The van der Waals surface area contributed by atoms with Crippen LogP contribution in [0.2, 0.25) is 5.02 Å². The zero-order valence-corrected chi connectivity index (χ0v) is 22.8. The van der Waals surface area contributed by atoms with Gasteiger partial charge in [-0.15, -0.1) is 0 Å². The third-order valence-electron chi connectivity index (χ3n) is 5.20. The molecule has 0 aliphatic carbocycles. The molecule has 1 aromatic heterocycles. The molecule has 5 nitrogen and oxygen atoms in total. The molecule has 0 unspecified atom stereocenters. The first kappa shape index (κ1) is 24.6. The van der Waals surface area contributed by atoms with Gasteiger partial charge in [-0.3, -0.25) is 4.79 Å². The molecule has 8 heteroatoms. The number of ether oxygens (including phenoxy) is 1. The maximum absolute atomic E-state index is 13.3. The van der Waals surface area contributed by atoms with E-state index in [1.807, 2.05) is 57.2 Å². The van der Waals surface area contributed by atoms with E-state index in [4.69, 9.17) is 21.3 Å². The highest BCUT2D eigenvalue weighted by Gasteiger charge is 2.15. The second kappa shape index (κ2) is 10.4. The van der Waals surface area contributed by atoms with Gasteiger partial charge in [0.1, 0.15) is 18.2 Å². The van der Waals surface area contributed by atoms with Crippen molar-refractivity contribution < 1.29 is 4.74 Å². The summed E-state index contributed by atoms with van der Waals surface area (Å²) >= 11 is 13.3. The van der Waals surface area contributed by atoms with Gasteiger partial charge in [-0.05, 0) is 58.7 Å². The fourth-order valence-electron chi connectivity index (χ4n) is 3.44. The van der Waals surface area contributed by atoms with Gasteiger partial charge in [0.05, 0.1) is 21.6 Å². The third kappa shape index (κ3) is 5.43. The standard InChI is InChI=1S/C26H22Br2ClN3O2/c1-15(2)25-31-23-9-8-19(27)11-21(23)26(33)32(25)30-13-18-10-20(29)12-22(28)24(18)34-14-17-6-4-16(3)5-7-17/h4-13,15H,14H2,1-3H3. The molecule has 0 aliphatic rings. The number of aromatic nitrogens is 2. The highest BCUT2D eigenvalue weighted by atomic mass is 79.9. The maximum Gasteiger partial charge on any atom is 0.282 e. The summed E-state index contributed by atoms with van der Waals surface area (Å²) in [4.78, 5) is 18.0. The smallest absolute Gasteiger partial charge is 0.282 e. The molecule has 0 spiro atoms. The van der Waals surface area contributed by atoms with Crippen molar-refractivity contribution in [3.63, 3.8) is 0 Å². The topological polar surface area (TPSA) is 56.5 Å². The number of aryl methyl sites for hydroxylation is 1. The van der Waals surface area contributed by atoms with Crippen molar-refractivity contribution in [3.05, 3.63) is 101 Å². The Labute approximate surface area is 219 Å². The van der Waals surface area contributed by atoms with Crippen molar-refractivity contribution in [1.29, 1.82) is 0 Å². The van der Waals surface area contributed by atoms with Crippen LogP contribution < -0.4 is 10.3 Å². The monoisotopic (exact) mass is 601 g/mol. The average Bonchev–Trinajstić information content (AvgIpc) is 2.79. The van der Waals surface area contributed by atoms with Crippen LogP contribution in [0.15, 0.2) is 73.4 Å². The summed E-state index contributed by atoms with van der Waals surface area (Å²) in [7, 11) is 0. The Morgan fingerprint density at radius 2 is 1.85 bits per heavy atom. The fourth-order valence-corrected chi connectivity index (χ4v) is 4.75. The number of halogens is 3. The maximum atomic E-state index is 13.3. The number of rotatable bonds is 6. The molecule has 0 radical (unpaired) electrons. The van der Waals surface area contributed by atoms with Crippen LogP contribution >= 0.6 is 43.5 Å². The molecule has 4 rings (SSSR count). The Balaban J connectivity index is 1.76. The van der Waals surface area contributed by atoms with Gasteiger partial charge >= 0.3 is 0 Å². The van der Waals surface area contributed by atoms with E-state index in [1.165, 1.54) is 10.2 Å². The van der Waals surface area contributed by atoms with Crippen LogP contribution in [-0.4, -0.2) is 15.9 Å². The minimum Gasteiger partial charge on any atom is -0.487 e. The minimum atomic E-state index is -0.241. The molecule has 0 saturated carbocycles. The second-order valence-corrected chi connectivity index (χ2v) is 10.4. The second-order valence-electron chi connectivity index (χ2n) is 8.23. The summed E-state index contributed by atoms with van der Waals surface area (Å²) in [5, 5.41) is 5.53. The van der Waals surface area contributed by atoms with E-state index in [-0.39, 0.29) is 11.5 Å². The van der Waals surface area contributed by atoms with Gasteiger partial charge in [-0.1, -0.05) is 71.2 Å². The van der Waals surface area contributed by atoms with Crippen LogP contribution in [0.25, 0.3) is 10.9 Å². The van der Waals surface area contributed by atoms with Gasteiger partial charge in [-0.25, -0.2) is 4.98 Å². The Morgan fingerprint density at radius 3 is 2.56 bits per heavy atom. The van der Waals surface area contributed by atoms with Crippen LogP contribution in [-0.2, 0) is 6.61 Å². The van der Waals surface area contributed by atoms with Crippen molar-refractivity contribution in [2.45, 2.75) is 33.3 Å². The lowest BCUT2D eigenvalue weighted by atomic mass is 10.1. The Morgan fingerprint density at radius 1 is 1.12 bits per heavy atom. The molecule has 1 heterocycles. The Kier molecular flexibility index (Phi) is 7.55. The lowest BCUT2D eigenvalue weighted by molar-refractivity contribution is 0.304. The molecule has 0 fully saturated rings. The normalized spacial score (nSPS) is 11.6. The van der Waals surface area contributed by atoms with Crippen molar-refractivity contribution in [1.82, 2.24) is 9.66 Å². The molecule has 0 amide bonds. The number of nitrogens with zero attached hydrogens (tertiary/aromatic N) is 3. The van der Waals surface area contributed by atoms with E-state index in [2.05, 4.69) is 37.0 Å². The predicted molar refractivity (Wildman–Crippen MR) is 145 cm³/mol. The molecule has 0 atom stereocenters. The molecule has 4 aromatic rings. The van der Waals surface area contributed by atoms with Gasteiger partial charge in [0.15, 0.2) is 0 Å². The van der Waals surface area contributed by atoms with Crippen LogP contribution in [0, 0.1) is 6.92 Å². The van der Waals surface area contributed by atoms with Gasteiger partial charge < -0.3 is 4.74 Å². The number of benzene rings is 3. The van der Waals surface area contributed by atoms with Gasteiger partial charge in [0.2, 0.25) is 0 Å². The Hall–Kier alpha value is -2.48. The first-order valence-electron chi connectivity index (χ1n) is 10.7. The van der Waals surface area contributed by atoms with Crippen molar-refractivity contribution in [3.8, 4) is 5.75 Å². The quantitative estimate of drug-likeness (QED) is 0.215. The first-order valence-corrected chi connectivity index (χ1v) is 12.6. The largest absolute Gasteiger partial charge is 0.487 e. The predicted octanol–water partition coefficient (Wildman–Crippen LogP) is 7.47. The minimum absolute atomic E-state index is 0.0127. The van der Waals surface area contributed by atoms with Crippen LogP contribution in [0.1, 0.15) is 42.3 Å². The molecule has 174 valence electrons. The fraction of sp³-hybridized carbons (Fsp3) is 0.192. The summed E-state index contributed by atoms with van der Waals surface area (Å²) in [5.41, 5.74) is 3.26. The van der Waals surface area contributed by atoms with E-state index in [0.29, 0.717) is 44.1 Å². The van der Waals surface area contributed by atoms with Crippen LogP contribution in [0.3, 0.4) is 0 Å². The van der Waals surface area contributed by atoms with E-state index in [0.717, 1.165) is 10.0 Å². The van der Waals surface area contributed by atoms with Gasteiger partial charge in [-0.2, -0.15) is 9.78 Å². The number of hydrogen-bond donors (Lipinski definition) is 0. The zero-order valence-electron chi connectivity index (χ0n) is 18.8. The lowest BCUT2D eigenvalue weighted by Crippen LogP contribution is -2.23. The SMILES string of the molecule is Cc1ccc(COc2c(Br)cc(Cl)cc2C=Nn2c(C(C)C)nc3ccc(Br)cc3c2=O)cc1. The van der Waals surface area contributed by atoms with E-state index < -0.39 is 0 Å². The molecular formula is C26H22Br2ClN3O2. The van der Waals surface area contributed by atoms with Gasteiger partial charge in [0, 0.05) is 21.0 Å². The molecule has 0 saturated heterocycles. The summed E-state index contributed by atoms with van der Waals surface area (Å²) in [6.07, 6.45) is 1.58. The zero-order chi connectivity index (χ0) is 24.4. The number of hydrogen-bond acceptors (Lipinski definition) is 4. The summed E-state index contributed by atoms with van der Waals surface area (Å²) in [6.45, 7) is 6.38. The molecule has 3 aromatic carbocycles. The lowest BCUT2D eigenvalue weighted by Gasteiger charge is -2.14. The highest BCUT2D eigenvalue weighted by molar-refractivity contribution is 9.10. The highest BCUT2D eigenvalue weighted by Crippen LogP contribution is 2.32. The molecule has 34 heavy (non-hydrogen) atoms. The Bertz CT molecular complexity index is 1450. The van der Waals surface area contributed by atoms with Gasteiger partial charge in [0.25, 0.3) is 5.56 Å². The molecular weight excluding hydrogens is 582 g/mol. The first-order chi connectivity index (χ1) is 16.2. The van der Waals surface area contributed by atoms with E-state index in [1.54, 1.807) is 24.4 Å². The van der Waals surface area contributed by atoms with Crippen molar-refractivity contribution >= 4 is 60.6 Å². The third-order valence-corrected chi connectivity index (χ3v) is 6.50.